The first-order valence-electron chi connectivity index (χ1n) is 5.99. The van der Waals surface area contributed by atoms with Crippen LogP contribution in [0.2, 0.25) is 0 Å². The molecule has 3 nitrogen and oxygen atoms in total. The summed E-state index contributed by atoms with van der Waals surface area (Å²) < 4.78 is 0. The molecule has 0 aromatic heterocycles. The highest BCUT2D eigenvalue weighted by atomic mass is 35.5. The number of hydrogen-bond donors (Lipinski definition) is 1. The maximum atomic E-state index is 11.0. The minimum atomic E-state index is -0.399. The molecule has 4 bridgehead atoms. The van der Waals surface area contributed by atoms with E-state index >= 15 is 0 Å². The second-order valence-corrected chi connectivity index (χ2v) is 5.54. The van der Waals surface area contributed by atoms with Gasteiger partial charge in [-0.25, -0.2) is 10.3 Å². The average Bonchev–Trinajstić information content (AvgIpc) is 2.26. The van der Waals surface area contributed by atoms with Crippen LogP contribution in [0, 0.1) is 17.8 Å². The van der Waals surface area contributed by atoms with Gasteiger partial charge in [0.2, 0.25) is 0 Å². The predicted octanol–water partition coefficient (Wildman–Crippen LogP) is 2.37. The van der Waals surface area contributed by atoms with E-state index in [1.54, 1.807) is 0 Å². The molecule has 1 N–H and O–H groups in total. The zero-order valence-electron chi connectivity index (χ0n) is 9.17. The third-order valence-electron chi connectivity index (χ3n) is 4.15. The van der Waals surface area contributed by atoms with Gasteiger partial charge in [0.25, 0.3) is 0 Å². The fourth-order valence-corrected chi connectivity index (χ4v) is 3.77. The number of alkyl halides is 1. The molecular weight excluding hydrogens is 226 g/mol. The van der Waals surface area contributed by atoms with E-state index in [0.717, 1.165) is 11.8 Å². The van der Waals surface area contributed by atoms with Gasteiger partial charge in [-0.15, -0.1) is 11.6 Å². The van der Waals surface area contributed by atoms with Gasteiger partial charge in [-0.05, 0) is 49.5 Å². The molecule has 0 amide bonds. The first-order valence-corrected chi connectivity index (χ1v) is 6.53. The Kier molecular flexibility index (Phi) is 2.58. The van der Waals surface area contributed by atoms with E-state index in [4.69, 9.17) is 16.4 Å². The van der Waals surface area contributed by atoms with E-state index in [-0.39, 0.29) is 5.88 Å². The number of halogens is 1. The first kappa shape index (κ1) is 10.5. The minimum Gasteiger partial charge on any atom is -0.342 e. The molecule has 2 unspecified atom stereocenters. The van der Waals surface area contributed by atoms with Crippen molar-refractivity contribution in [3.05, 3.63) is 11.3 Å². The molecule has 0 saturated heterocycles. The van der Waals surface area contributed by atoms with Gasteiger partial charge in [0, 0.05) is 5.92 Å². The van der Waals surface area contributed by atoms with E-state index in [2.05, 4.69) is 5.48 Å². The lowest BCUT2D eigenvalue weighted by Gasteiger charge is -2.47. The number of carbonyl (C=O) groups is 1. The van der Waals surface area contributed by atoms with Gasteiger partial charge < -0.3 is 4.84 Å². The van der Waals surface area contributed by atoms with Crippen LogP contribution in [0.15, 0.2) is 11.3 Å². The maximum absolute atomic E-state index is 11.0. The summed E-state index contributed by atoms with van der Waals surface area (Å²) in [6.07, 6.45) is 6.35. The summed E-state index contributed by atoms with van der Waals surface area (Å²) in [7, 11) is 0. The summed E-state index contributed by atoms with van der Waals surface area (Å²) in [5, 5.41) is 0. The van der Waals surface area contributed by atoms with Crippen LogP contribution in [0.4, 0.5) is 0 Å². The zero-order valence-corrected chi connectivity index (χ0v) is 9.93. The van der Waals surface area contributed by atoms with Crippen molar-refractivity contribution >= 4 is 17.6 Å². The summed E-state index contributed by atoms with van der Waals surface area (Å²) in [5.41, 5.74) is 5.54. The third-order valence-corrected chi connectivity index (χ3v) is 4.36. The Morgan fingerprint density at radius 3 is 2.56 bits per heavy atom. The summed E-state index contributed by atoms with van der Waals surface area (Å²) in [5.74, 6) is 1.89. The van der Waals surface area contributed by atoms with E-state index in [1.807, 2.05) is 0 Å². The summed E-state index contributed by atoms with van der Waals surface area (Å²) in [6.45, 7) is 0. The van der Waals surface area contributed by atoms with Gasteiger partial charge in [0.1, 0.15) is 5.88 Å². The Morgan fingerprint density at radius 1 is 1.31 bits per heavy atom. The summed E-state index contributed by atoms with van der Waals surface area (Å²) in [4.78, 5) is 15.9. The Labute approximate surface area is 100 Å². The number of rotatable bonds is 3. The molecule has 4 aliphatic rings. The lowest BCUT2D eigenvalue weighted by Crippen LogP contribution is -2.40. The highest BCUT2D eigenvalue weighted by Gasteiger charge is 2.42. The maximum Gasteiger partial charge on any atom is 0.346 e. The molecule has 0 aromatic rings. The van der Waals surface area contributed by atoms with Crippen molar-refractivity contribution in [2.24, 2.45) is 17.8 Å². The van der Waals surface area contributed by atoms with Crippen molar-refractivity contribution < 1.29 is 9.63 Å². The number of nitrogens with one attached hydrogen (secondary N) is 1. The molecule has 4 aliphatic carbocycles. The number of carbonyl (C=O) groups excluding carboxylic acids is 1. The standard InChI is InChI=1S/C12H16ClNO2/c13-6-11(15)16-14-12-9-2-7-1-8(4-9)5-10(12)3-7/h7-9,14H,1-6H2. The van der Waals surface area contributed by atoms with Gasteiger partial charge in [0.05, 0.1) is 5.70 Å². The number of allylic oxidation sites excluding steroid dienone is 2. The molecule has 0 aromatic carbocycles. The highest BCUT2D eigenvalue weighted by molar-refractivity contribution is 6.26. The third kappa shape index (κ3) is 1.71. The van der Waals surface area contributed by atoms with E-state index in [9.17, 15) is 4.79 Å². The normalized spacial score (nSPS) is 35.4. The lowest BCUT2D eigenvalue weighted by atomic mass is 9.60. The molecule has 4 heteroatoms. The largest absolute Gasteiger partial charge is 0.346 e. The van der Waals surface area contributed by atoms with Crippen LogP contribution >= 0.6 is 11.6 Å². The Morgan fingerprint density at radius 2 is 2.00 bits per heavy atom. The van der Waals surface area contributed by atoms with Gasteiger partial charge in [-0.3, -0.25) is 0 Å². The van der Waals surface area contributed by atoms with Crippen molar-refractivity contribution in [1.82, 2.24) is 5.48 Å². The van der Waals surface area contributed by atoms with E-state index < -0.39 is 5.97 Å². The van der Waals surface area contributed by atoms with Crippen LogP contribution in [-0.4, -0.2) is 11.8 Å². The van der Waals surface area contributed by atoms with Crippen LogP contribution in [0.3, 0.4) is 0 Å². The topological polar surface area (TPSA) is 38.3 Å². The van der Waals surface area contributed by atoms with Crippen LogP contribution in [0.5, 0.6) is 0 Å². The molecule has 16 heavy (non-hydrogen) atoms. The highest BCUT2D eigenvalue weighted by Crippen LogP contribution is 2.52. The Bertz CT molecular complexity index is 337. The molecule has 2 atom stereocenters. The molecular formula is C12H16ClNO2. The average molecular weight is 242 g/mol. The van der Waals surface area contributed by atoms with Gasteiger partial charge in [0.15, 0.2) is 0 Å². The molecule has 2 saturated carbocycles. The fourth-order valence-electron chi connectivity index (χ4n) is 3.72. The Hall–Kier alpha value is -0.700. The van der Waals surface area contributed by atoms with Gasteiger partial charge in [-0.2, -0.15) is 0 Å². The number of hydroxylamine groups is 1. The van der Waals surface area contributed by atoms with Crippen molar-refractivity contribution in [1.29, 1.82) is 0 Å². The minimum absolute atomic E-state index is 0.0917. The first-order chi connectivity index (χ1) is 7.76. The molecule has 0 heterocycles. The summed E-state index contributed by atoms with van der Waals surface area (Å²) in [6, 6.07) is 0. The van der Waals surface area contributed by atoms with E-state index in [0.29, 0.717) is 5.92 Å². The van der Waals surface area contributed by atoms with Gasteiger partial charge >= 0.3 is 5.97 Å². The predicted molar refractivity (Wildman–Crippen MR) is 60.5 cm³/mol. The lowest BCUT2D eigenvalue weighted by molar-refractivity contribution is -0.147. The molecule has 2 fully saturated rings. The molecule has 0 radical (unpaired) electrons. The summed E-state index contributed by atoms with van der Waals surface area (Å²) >= 11 is 5.39. The molecule has 0 spiro atoms. The fraction of sp³-hybridized carbons (Fsp3) is 0.750. The van der Waals surface area contributed by atoms with Gasteiger partial charge in [-0.1, -0.05) is 0 Å². The molecule has 4 rings (SSSR count). The van der Waals surface area contributed by atoms with Crippen molar-refractivity contribution in [2.45, 2.75) is 32.1 Å². The Balaban J connectivity index is 1.72. The van der Waals surface area contributed by atoms with Crippen LogP contribution in [0.25, 0.3) is 0 Å². The van der Waals surface area contributed by atoms with Crippen LogP contribution < -0.4 is 5.48 Å². The second kappa shape index (κ2) is 3.95. The monoisotopic (exact) mass is 241 g/mol. The smallest absolute Gasteiger partial charge is 0.342 e. The van der Waals surface area contributed by atoms with Crippen molar-refractivity contribution in [3.8, 4) is 0 Å². The SMILES string of the molecule is O=C(CCl)ONC1=C2CC3CC(C2)CC1C3. The quantitative estimate of drug-likeness (QED) is 0.609. The molecule has 0 aliphatic heterocycles. The van der Waals surface area contributed by atoms with Crippen LogP contribution in [-0.2, 0) is 9.63 Å². The second-order valence-electron chi connectivity index (χ2n) is 5.27. The van der Waals surface area contributed by atoms with Crippen molar-refractivity contribution in [3.63, 3.8) is 0 Å². The zero-order chi connectivity index (χ0) is 11.1. The molecule has 88 valence electrons. The number of hydrogen-bond acceptors (Lipinski definition) is 3. The van der Waals surface area contributed by atoms with Crippen LogP contribution in [0.1, 0.15) is 32.1 Å². The van der Waals surface area contributed by atoms with E-state index in [1.165, 1.54) is 43.4 Å². The van der Waals surface area contributed by atoms with Crippen molar-refractivity contribution in [2.75, 3.05) is 5.88 Å².